The summed E-state index contributed by atoms with van der Waals surface area (Å²) in [7, 11) is 1.67. The smallest absolute Gasteiger partial charge is 0.132 e. The Kier molecular flexibility index (Phi) is 5.11. The van der Waals surface area contributed by atoms with E-state index in [-0.39, 0.29) is 0 Å². The molecule has 0 radical (unpaired) electrons. The first-order chi connectivity index (χ1) is 12.7. The summed E-state index contributed by atoms with van der Waals surface area (Å²) in [6, 6.07) is 14.6. The number of nitrogens with zero attached hydrogens (tertiary/aromatic N) is 1. The van der Waals surface area contributed by atoms with Gasteiger partial charge in [-0.3, -0.25) is 4.99 Å². The zero-order valence-corrected chi connectivity index (χ0v) is 16.0. The topological polar surface area (TPSA) is 42.9 Å². The molecule has 0 atom stereocenters. The van der Waals surface area contributed by atoms with E-state index in [0.717, 1.165) is 55.8 Å². The van der Waals surface area contributed by atoms with Gasteiger partial charge in [-0.15, -0.1) is 11.3 Å². The van der Waals surface area contributed by atoms with Crippen molar-refractivity contribution < 1.29 is 9.47 Å². The van der Waals surface area contributed by atoms with Gasteiger partial charge in [0, 0.05) is 18.5 Å². The summed E-state index contributed by atoms with van der Waals surface area (Å²) >= 11 is 7.68. The van der Waals surface area contributed by atoms with Crippen LogP contribution in [0.4, 0.5) is 0 Å². The number of thiophene rings is 1. The van der Waals surface area contributed by atoms with E-state index in [4.69, 9.17) is 21.1 Å². The Bertz CT molecular complexity index is 968. The number of nitrogens with one attached hydrogen (secondary N) is 1. The van der Waals surface area contributed by atoms with Gasteiger partial charge in [0.2, 0.25) is 0 Å². The summed E-state index contributed by atoms with van der Waals surface area (Å²) in [5.74, 6) is 1.72. The predicted octanol–water partition coefficient (Wildman–Crippen LogP) is 4.60. The summed E-state index contributed by atoms with van der Waals surface area (Å²) in [6.45, 7) is 2.71. The Balaban J connectivity index is 1.77. The van der Waals surface area contributed by atoms with Gasteiger partial charge in [0.1, 0.15) is 18.2 Å². The lowest BCUT2D eigenvalue weighted by atomic mass is 10.0. The number of aliphatic imine (C=N–C) groups is 1. The molecule has 4 rings (SSSR count). The van der Waals surface area contributed by atoms with Crippen molar-refractivity contribution in [2.24, 2.45) is 4.99 Å². The van der Waals surface area contributed by atoms with Crippen molar-refractivity contribution in [3.8, 4) is 16.2 Å². The molecule has 1 aromatic heterocycles. The lowest BCUT2D eigenvalue weighted by molar-refractivity contribution is 0.146. The second kappa shape index (κ2) is 7.66. The summed E-state index contributed by atoms with van der Waals surface area (Å²) in [5.41, 5.74) is 2.15. The van der Waals surface area contributed by atoms with E-state index in [2.05, 4.69) is 46.7 Å². The summed E-state index contributed by atoms with van der Waals surface area (Å²) in [4.78, 5) is 5.73. The third-order valence-corrected chi connectivity index (χ3v) is 5.55. The third-order valence-electron chi connectivity index (χ3n) is 4.27. The van der Waals surface area contributed by atoms with Crippen molar-refractivity contribution in [2.45, 2.75) is 0 Å². The molecule has 1 aliphatic rings. The average molecular weight is 387 g/mol. The summed E-state index contributed by atoms with van der Waals surface area (Å²) in [5, 5.41) is 5.62. The van der Waals surface area contributed by atoms with Gasteiger partial charge in [-0.25, -0.2) is 0 Å². The molecule has 2 aromatic carbocycles. The SMILES string of the molecule is COCCOc1cc2ccc(-c3ccc(Cl)s3)cc2cc1C1=NCCN1. The monoisotopic (exact) mass is 386 g/mol. The van der Waals surface area contributed by atoms with E-state index in [9.17, 15) is 0 Å². The number of hydrogen-bond acceptors (Lipinski definition) is 5. The number of halogens is 1. The molecule has 134 valence electrons. The van der Waals surface area contributed by atoms with Crippen LogP contribution in [0.5, 0.6) is 5.75 Å². The number of rotatable bonds is 6. The van der Waals surface area contributed by atoms with Gasteiger partial charge in [-0.05, 0) is 46.7 Å². The molecule has 0 fully saturated rings. The Morgan fingerprint density at radius 3 is 2.77 bits per heavy atom. The number of ether oxygens (including phenoxy) is 2. The first-order valence-corrected chi connectivity index (χ1v) is 9.68. The molecule has 0 aliphatic carbocycles. The Morgan fingerprint density at radius 1 is 1.12 bits per heavy atom. The van der Waals surface area contributed by atoms with Gasteiger partial charge in [0.25, 0.3) is 0 Å². The fraction of sp³-hybridized carbons (Fsp3) is 0.250. The van der Waals surface area contributed by atoms with Gasteiger partial charge < -0.3 is 14.8 Å². The molecule has 0 amide bonds. The highest BCUT2D eigenvalue weighted by Gasteiger charge is 2.16. The van der Waals surface area contributed by atoms with Gasteiger partial charge in [-0.1, -0.05) is 23.7 Å². The van der Waals surface area contributed by atoms with Crippen molar-refractivity contribution >= 4 is 39.5 Å². The predicted molar refractivity (Wildman–Crippen MR) is 109 cm³/mol. The average Bonchev–Trinajstić information content (AvgIpc) is 3.33. The van der Waals surface area contributed by atoms with E-state index in [1.165, 1.54) is 0 Å². The van der Waals surface area contributed by atoms with E-state index in [1.54, 1.807) is 18.4 Å². The first-order valence-electron chi connectivity index (χ1n) is 8.48. The molecule has 0 unspecified atom stereocenters. The quantitative estimate of drug-likeness (QED) is 0.630. The normalized spacial score (nSPS) is 13.7. The number of amidine groups is 1. The molecule has 0 saturated heterocycles. The molecule has 3 aromatic rings. The van der Waals surface area contributed by atoms with Crippen LogP contribution in [0.15, 0.2) is 47.5 Å². The fourth-order valence-electron chi connectivity index (χ4n) is 3.02. The minimum absolute atomic E-state index is 0.508. The second-order valence-electron chi connectivity index (χ2n) is 6.01. The van der Waals surface area contributed by atoms with Crippen molar-refractivity contribution in [3.63, 3.8) is 0 Å². The molecule has 4 nitrogen and oxygen atoms in total. The highest BCUT2D eigenvalue weighted by molar-refractivity contribution is 7.19. The van der Waals surface area contributed by atoms with E-state index < -0.39 is 0 Å². The molecular weight excluding hydrogens is 368 g/mol. The van der Waals surface area contributed by atoms with Crippen molar-refractivity contribution in [3.05, 3.63) is 52.4 Å². The third kappa shape index (κ3) is 3.56. The molecule has 0 saturated carbocycles. The minimum atomic E-state index is 0.508. The van der Waals surface area contributed by atoms with Crippen LogP contribution in [0.25, 0.3) is 21.2 Å². The summed E-state index contributed by atoms with van der Waals surface area (Å²) < 4.78 is 11.9. The molecule has 6 heteroatoms. The standard InChI is InChI=1S/C20H19ClN2O2S/c1-24-8-9-25-17-12-13-2-3-14(18-4-5-19(21)26-18)10-15(13)11-16(17)20-22-6-7-23-20/h2-5,10-12H,6-9H2,1H3,(H,22,23). The minimum Gasteiger partial charge on any atom is -0.490 e. The zero-order valence-electron chi connectivity index (χ0n) is 14.4. The van der Waals surface area contributed by atoms with E-state index in [1.807, 2.05) is 6.07 Å². The maximum absolute atomic E-state index is 6.09. The van der Waals surface area contributed by atoms with Crippen molar-refractivity contribution in [1.82, 2.24) is 5.32 Å². The molecule has 26 heavy (non-hydrogen) atoms. The van der Waals surface area contributed by atoms with Crippen LogP contribution in [0, 0.1) is 0 Å². The Hall–Kier alpha value is -2.08. The Labute approximate surface area is 161 Å². The molecule has 0 bridgehead atoms. The van der Waals surface area contributed by atoms with E-state index >= 15 is 0 Å². The van der Waals surface area contributed by atoms with Crippen LogP contribution >= 0.6 is 22.9 Å². The number of benzene rings is 2. The van der Waals surface area contributed by atoms with Crippen LogP contribution in [0.1, 0.15) is 5.56 Å². The van der Waals surface area contributed by atoms with Gasteiger partial charge in [0.05, 0.1) is 23.1 Å². The molecule has 1 N–H and O–H groups in total. The van der Waals surface area contributed by atoms with Crippen LogP contribution < -0.4 is 10.1 Å². The largest absolute Gasteiger partial charge is 0.490 e. The lowest BCUT2D eigenvalue weighted by Crippen LogP contribution is -2.20. The first kappa shape index (κ1) is 17.3. The van der Waals surface area contributed by atoms with Crippen molar-refractivity contribution in [1.29, 1.82) is 0 Å². The molecule has 2 heterocycles. The van der Waals surface area contributed by atoms with E-state index in [0.29, 0.717) is 13.2 Å². The molecular formula is C20H19ClN2O2S. The fourth-order valence-corrected chi connectivity index (χ4v) is 4.06. The molecule has 0 spiro atoms. The van der Waals surface area contributed by atoms with Crippen LogP contribution in [-0.4, -0.2) is 39.2 Å². The maximum Gasteiger partial charge on any atom is 0.132 e. The maximum atomic E-state index is 6.09. The van der Waals surface area contributed by atoms with Crippen LogP contribution in [-0.2, 0) is 4.74 Å². The zero-order chi connectivity index (χ0) is 17.9. The highest BCUT2D eigenvalue weighted by Crippen LogP contribution is 2.34. The number of fused-ring (bicyclic) bond motifs is 1. The number of hydrogen-bond donors (Lipinski definition) is 1. The van der Waals surface area contributed by atoms with Crippen molar-refractivity contribution in [2.75, 3.05) is 33.4 Å². The molecule has 1 aliphatic heterocycles. The number of methoxy groups -OCH3 is 1. The van der Waals surface area contributed by atoms with Crippen LogP contribution in [0.2, 0.25) is 4.34 Å². The van der Waals surface area contributed by atoms with Gasteiger partial charge in [0.15, 0.2) is 0 Å². The van der Waals surface area contributed by atoms with Gasteiger partial charge >= 0.3 is 0 Å². The highest BCUT2D eigenvalue weighted by atomic mass is 35.5. The van der Waals surface area contributed by atoms with Gasteiger partial charge in [-0.2, -0.15) is 0 Å². The lowest BCUT2D eigenvalue weighted by Gasteiger charge is -2.14. The summed E-state index contributed by atoms with van der Waals surface area (Å²) in [6.07, 6.45) is 0. The Morgan fingerprint density at radius 2 is 2.04 bits per heavy atom. The van der Waals surface area contributed by atoms with Crippen LogP contribution in [0.3, 0.4) is 0 Å². The second-order valence-corrected chi connectivity index (χ2v) is 7.73.